The summed E-state index contributed by atoms with van der Waals surface area (Å²) < 4.78 is 2.05. The highest BCUT2D eigenvalue weighted by Gasteiger charge is 2.13. The van der Waals surface area contributed by atoms with Crippen LogP contribution in [0.25, 0.3) is 0 Å². The van der Waals surface area contributed by atoms with Gasteiger partial charge in [-0.3, -0.25) is 5.41 Å². The van der Waals surface area contributed by atoms with Gasteiger partial charge in [0.25, 0.3) is 0 Å². The average molecular weight is 206 g/mol. The predicted octanol–water partition coefficient (Wildman–Crippen LogP) is 3.07. The first-order valence-electron chi connectivity index (χ1n) is 5.70. The fourth-order valence-electron chi connectivity index (χ4n) is 1.50. The van der Waals surface area contributed by atoms with Gasteiger partial charge in [0.1, 0.15) is 5.49 Å². The first kappa shape index (κ1) is 12.0. The van der Waals surface area contributed by atoms with Crippen LogP contribution in [-0.2, 0) is 12.0 Å². The molecule has 0 fully saturated rings. The second-order valence-electron chi connectivity index (χ2n) is 5.10. The smallest absolute Gasteiger partial charge is 0.124 e. The minimum absolute atomic E-state index is 0.168. The number of aryl methyl sites for hydroxylation is 1. The molecule has 0 radical (unpaired) electrons. The normalized spacial score (nSPS) is 11.7. The summed E-state index contributed by atoms with van der Waals surface area (Å²) in [7, 11) is 0. The quantitative estimate of drug-likeness (QED) is 0.787. The fraction of sp³-hybridized carbons (Fsp3) is 0.615. The lowest BCUT2D eigenvalue weighted by molar-refractivity contribution is 0.554. The largest absolute Gasteiger partial charge is 0.333 e. The van der Waals surface area contributed by atoms with Crippen molar-refractivity contribution in [3.63, 3.8) is 0 Å². The molecule has 0 spiro atoms. The van der Waals surface area contributed by atoms with Gasteiger partial charge in [0.05, 0.1) is 0 Å². The Morgan fingerprint density at radius 2 is 1.93 bits per heavy atom. The van der Waals surface area contributed by atoms with Gasteiger partial charge in [-0.2, -0.15) is 0 Å². The molecule has 1 rings (SSSR count). The van der Waals surface area contributed by atoms with Crippen molar-refractivity contribution in [1.82, 2.24) is 4.57 Å². The van der Waals surface area contributed by atoms with Crippen LogP contribution < -0.4 is 5.49 Å². The molecule has 1 aromatic rings. The number of hydrogen-bond donors (Lipinski definition) is 1. The van der Waals surface area contributed by atoms with Gasteiger partial charge in [0.2, 0.25) is 0 Å². The van der Waals surface area contributed by atoms with Crippen molar-refractivity contribution in [3.8, 4) is 0 Å². The summed E-state index contributed by atoms with van der Waals surface area (Å²) >= 11 is 0. The van der Waals surface area contributed by atoms with Gasteiger partial charge in [0, 0.05) is 12.7 Å². The van der Waals surface area contributed by atoms with Gasteiger partial charge in [-0.25, -0.2) is 0 Å². The maximum absolute atomic E-state index is 7.81. The van der Waals surface area contributed by atoms with Crippen LogP contribution in [0.4, 0.5) is 0 Å². The molecule has 0 aliphatic heterocycles. The van der Waals surface area contributed by atoms with Crippen molar-refractivity contribution in [2.24, 2.45) is 0 Å². The number of unbranched alkanes of at least 4 members (excludes halogenated alkanes) is 1. The maximum Gasteiger partial charge on any atom is 0.124 e. The summed E-state index contributed by atoms with van der Waals surface area (Å²) in [6.07, 6.45) is 4.44. The molecule has 84 valence electrons. The second-order valence-corrected chi connectivity index (χ2v) is 5.10. The minimum atomic E-state index is 0.168. The van der Waals surface area contributed by atoms with Gasteiger partial charge in [-0.1, -0.05) is 40.2 Å². The zero-order valence-electron chi connectivity index (χ0n) is 10.3. The number of nitrogens with zero attached hydrogens (tertiary/aromatic N) is 1. The van der Waals surface area contributed by atoms with E-state index in [-0.39, 0.29) is 5.41 Å². The number of pyridine rings is 1. The van der Waals surface area contributed by atoms with Gasteiger partial charge < -0.3 is 4.57 Å². The van der Waals surface area contributed by atoms with E-state index in [1.807, 2.05) is 10.6 Å². The lowest BCUT2D eigenvalue weighted by Crippen LogP contribution is -2.22. The highest BCUT2D eigenvalue weighted by Crippen LogP contribution is 2.20. The van der Waals surface area contributed by atoms with E-state index < -0.39 is 0 Å². The van der Waals surface area contributed by atoms with E-state index in [0.29, 0.717) is 5.49 Å². The van der Waals surface area contributed by atoms with E-state index in [4.69, 9.17) is 5.41 Å². The molecule has 0 bridgehead atoms. The van der Waals surface area contributed by atoms with Crippen molar-refractivity contribution in [2.75, 3.05) is 0 Å². The Labute approximate surface area is 92.5 Å². The number of nitrogens with one attached hydrogen (secondary N) is 1. The summed E-state index contributed by atoms with van der Waals surface area (Å²) in [6, 6.07) is 3.96. The summed E-state index contributed by atoms with van der Waals surface area (Å²) in [4.78, 5) is 0. The molecule has 1 aromatic heterocycles. The lowest BCUT2D eigenvalue weighted by Gasteiger charge is -2.20. The van der Waals surface area contributed by atoms with Crippen LogP contribution in [0.1, 0.15) is 46.1 Å². The Morgan fingerprint density at radius 1 is 1.27 bits per heavy atom. The summed E-state index contributed by atoms with van der Waals surface area (Å²) in [5.41, 5.74) is 2.08. The molecule has 0 amide bonds. The highest BCUT2D eigenvalue weighted by molar-refractivity contribution is 5.18. The second kappa shape index (κ2) is 4.65. The van der Waals surface area contributed by atoms with E-state index in [0.717, 1.165) is 13.0 Å². The van der Waals surface area contributed by atoms with Crippen LogP contribution in [0.15, 0.2) is 18.3 Å². The Balaban J connectivity index is 3.01. The van der Waals surface area contributed by atoms with Crippen LogP contribution in [-0.4, -0.2) is 4.57 Å². The van der Waals surface area contributed by atoms with E-state index in [9.17, 15) is 0 Å². The number of hydrogen-bond acceptors (Lipinski definition) is 1. The van der Waals surface area contributed by atoms with Crippen LogP contribution in [0.3, 0.4) is 0 Å². The Morgan fingerprint density at radius 3 is 2.47 bits per heavy atom. The molecule has 0 atom stereocenters. The molecule has 0 aromatic carbocycles. The standard InChI is InChI=1S/C13H22N2/c1-5-6-9-15-10-11(13(2,3)4)7-8-12(15)14/h7-8,10,14H,5-6,9H2,1-4H3. The molecule has 0 saturated heterocycles. The van der Waals surface area contributed by atoms with Crippen molar-refractivity contribution >= 4 is 0 Å². The Hall–Kier alpha value is -1.05. The van der Waals surface area contributed by atoms with Crippen molar-refractivity contribution in [2.45, 2.75) is 52.5 Å². The molecular weight excluding hydrogens is 184 g/mol. The monoisotopic (exact) mass is 206 g/mol. The zero-order valence-corrected chi connectivity index (χ0v) is 10.3. The van der Waals surface area contributed by atoms with Gasteiger partial charge in [-0.15, -0.1) is 0 Å². The van der Waals surface area contributed by atoms with Crippen molar-refractivity contribution in [3.05, 3.63) is 29.4 Å². The molecule has 0 saturated carbocycles. The van der Waals surface area contributed by atoms with Crippen LogP contribution >= 0.6 is 0 Å². The summed E-state index contributed by atoms with van der Waals surface area (Å²) in [5.74, 6) is 0. The third-order valence-corrected chi connectivity index (χ3v) is 2.64. The Bertz CT molecular complexity index is 369. The molecule has 15 heavy (non-hydrogen) atoms. The molecule has 1 N–H and O–H groups in total. The third kappa shape index (κ3) is 3.22. The van der Waals surface area contributed by atoms with E-state index >= 15 is 0 Å². The molecular formula is C13H22N2. The topological polar surface area (TPSA) is 28.8 Å². The Kier molecular flexibility index (Phi) is 3.72. The van der Waals surface area contributed by atoms with Gasteiger partial charge in [0.15, 0.2) is 0 Å². The number of rotatable bonds is 3. The van der Waals surface area contributed by atoms with Gasteiger partial charge >= 0.3 is 0 Å². The molecule has 1 heterocycles. The lowest BCUT2D eigenvalue weighted by atomic mass is 9.88. The van der Waals surface area contributed by atoms with E-state index in [1.54, 1.807) is 0 Å². The molecule has 0 aliphatic rings. The third-order valence-electron chi connectivity index (χ3n) is 2.64. The predicted molar refractivity (Wildman–Crippen MR) is 63.9 cm³/mol. The summed E-state index contributed by atoms with van der Waals surface area (Å²) in [5, 5.41) is 7.81. The summed E-state index contributed by atoms with van der Waals surface area (Å²) in [6.45, 7) is 9.75. The van der Waals surface area contributed by atoms with Crippen LogP contribution in [0.5, 0.6) is 0 Å². The van der Waals surface area contributed by atoms with Crippen LogP contribution in [0, 0.1) is 5.41 Å². The molecule has 0 aliphatic carbocycles. The molecule has 0 unspecified atom stereocenters. The fourth-order valence-corrected chi connectivity index (χ4v) is 1.50. The van der Waals surface area contributed by atoms with E-state index in [2.05, 4.69) is 40.0 Å². The van der Waals surface area contributed by atoms with Crippen molar-refractivity contribution < 1.29 is 0 Å². The molecule has 2 heteroatoms. The first-order valence-corrected chi connectivity index (χ1v) is 5.70. The zero-order chi connectivity index (χ0) is 11.5. The SMILES string of the molecule is CCCCn1cc(C(C)(C)C)ccc1=N. The minimum Gasteiger partial charge on any atom is -0.333 e. The van der Waals surface area contributed by atoms with E-state index in [1.165, 1.54) is 12.0 Å². The maximum atomic E-state index is 7.81. The van der Waals surface area contributed by atoms with Crippen molar-refractivity contribution in [1.29, 1.82) is 5.41 Å². The number of aromatic nitrogens is 1. The molecule has 2 nitrogen and oxygen atoms in total. The average Bonchev–Trinajstić information content (AvgIpc) is 2.15. The highest BCUT2D eigenvalue weighted by atomic mass is 15.0. The first-order chi connectivity index (χ1) is 6.95. The van der Waals surface area contributed by atoms with Gasteiger partial charge in [-0.05, 0) is 23.5 Å². The van der Waals surface area contributed by atoms with Crippen LogP contribution in [0.2, 0.25) is 0 Å².